The fraction of sp³-hybridized carbons (Fsp3) is 0.211. The van der Waals surface area contributed by atoms with Crippen LogP contribution >= 0.6 is 27.5 Å². The fourth-order valence-corrected chi connectivity index (χ4v) is 3.81. The Hall–Kier alpha value is -2.18. The number of hydrogen-bond donors (Lipinski definition) is 0. The second-order valence-corrected chi connectivity index (χ2v) is 7.46. The van der Waals surface area contributed by atoms with Crippen LogP contribution in [0.15, 0.2) is 57.5 Å². The van der Waals surface area contributed by atoms with Gasteiger partial charge < -0.3 is 9.42 Å². The van der Waals surface area contributed by atoms with Crippen molar-refractivity contribution in [3.8, 4) is 11.4 Å². The maximum absolute atomic E-state index is 12.4. The van der Waals surface area contributed by atoms with Gasteiger partial charge in [0.25, 0.3) is 0 Å². The molecule has 3 aromatic rings. The first-order chi connectivity index (χ1) is 12.6. The maximum Gasteiger partial charge on any atom is 0.249 e. The number of carbonyl (C=O) groups is 1. The van der Waals surface area contributed by atoms with Gasteiger partial charge in [-0.3, -0.25) is 4.79 Å². The van der Waals surface area contributed by atoms with Crippen LogP contribution in [-0.4, -0.2) is 20.9 Å². The van der Waals surface area contributed by atoms with E-state index >= 15 is 0 Å². The highest BCUT2D eigenvalue weighted by atomic mass is 79.9. The van der Waals surface area contributed by atoms with Crippen LogP contribution in [0.4, 0.5) is 0 Å². The second kappa shape index (κ2) is 7.21. The van der Waals surface area contributed by atoms with E-state index in [1.54, 1.807) is 11.0 Å². The van der Waals surface area contributed by atoms with Gasteiger partial charge in [-0.25, -0.2) is 0 Å². The van der Waals surface area contributed by atoms with Crippen molar-refractivity contribution in [3.63, 3.8) is 0 Å². The Morgan fingerprint density at radius 3 is 2.88 bits per heavy atom. The lowest BCUT2D eigenvalue weighted by molar-refractivity contribution is -0.129. The van der Waals surface area contributed by atoms with Gasteiger partial charge >= 0.3 is 0 Å². The quantitative estimate of drug-likeness (QED) is 0.581. The van der Waals surface area contributed by atoms with E-state index in [0.717, 1.165) is 10.0 Å². The summed E-state index contributed by atoms with van der Waals surface area (Å²) < 4.78 is 6.46. The number of aromatic nitrogens is 2. The van der Waals surface area contributed by atoms with Gasteiger partial charge in [-0.15, -0.1) is 0 Å². The van der Waals surface area contributed by atoms with Crippen molar-refractivity contribution in [2.24, 2.45) is 0 Å². The van der Waals surface area contributed by atoms with Crippen molar-refractivity contribution in [2.75, 3.05) is 0 Å². The predicted octanol–water partition coefficient (Wildman–Crippen LogP) is 5.02. The zero-order valence-electron chi connectivity index (χ0n) is 13.7. The first kappa shape index (κ1) is 17.2. The molecule has 1 aromatic heterocycles. The molecule has 5 nitrogen and oxygen atoms in total. The molecule has 0 radical (unpaired) electrons. The Kier molecular flexibility index (Phi) is 4.78. The van der Waals surface area contributed by atoms with Crippen LogP contribution in [0.1, 0.15) is 30.3 Å². The van der Waals surface area contributed by atoms with Gasteiger partial charge in [0.15, 0.2) is 0 Å². The van der Waals surface area contributed by atoms with Crippen LogP contribution in [0, 0.1) is 0 Å². The molecule has 1 aliphatic heterocycles. The summed E-state index contributed by atoms with van der Waals surface area (Å²) in [5.74, 6) is 0.973. The topological polar surface area (TPSA) is 59.2 Å². The summed E-state index contributed by atoms with van der Waals surface area (Å²) in [6.45, 7) is 0.507. The van der Waals surface area contributed by atoms with E-state index in [0.29, 0.717) is 41.7 Å². The molecular weight excluding hydrogens is 418 g/mol. The number of benzene rings is 2. The Labute approximate surface area is 164 Å². The van der Waals surface area contributed by atoms with Gasteiger partial charge in [0.05, 0.1) is 5.02 Å². The lowest BCUT2D eigenvalue weighted by atomic mass is 10.1. The van der Waals surface area contributed by atoms with Gasteiger partial charge in [0, 0.05) is 23.0 Å². The summed E-state index contributed by atoms with van der Waals surface area (Å²) >= 11 is 9.68. The van der Waals surface area contributed by atoms with E-state index in [9.17, 15) is 4.79 Å². The largest absolute Gasteiger partial charge is 0.337 e. The van der Waals surface area contributed by atoms with Gasteiger partial charge in [0.2, 0.25) is 17.6 Å². The monoisotopic (exact) mass is 431 g/mol. The van der Waals surface area contributed by atoms with Gasteiger partial charge in [-0.2, -0.15) is 4.98 Å². The number of amides is 1. The first-order valence-corrected chi connectivity index (χ1v) is 9.41. The van der Waals surface area contributed by atoms with Crippen LogP contribution in [0.2, 0.25) is 5.02 Å². The molecule has 1 fully saturated rings. The molecule has 7 heteroatoms. The summed E-state index contributed by atoms with van der Waals surface area (Å²) in [5, 5.41) is 4.62. The summed E-state index contributed by atoms with van der Waals surface area (Å²) in [6.07, 6.45) is 1.14. The third kappa shape index (κ3) is 3.39. The van der Waals surface area contributed by atoms with Crippen molar-refractivity contribution in [1.82, 2.24) is 15.0 Å². The molecule has 2 aromatic carbocycles. The highest BCUT2D eigenvalue weighted by Gasteiger charge is 2.36. The minimum Gasteiger partial charge on any atom is -0.337 e. The van der Waals surface area contributed by atoms with Crippen molar-refractivity contribution in [3.05, 3.63) is 69.5 Å². The van der Waals surface area contributed by atoms with Crippen molar-refractivity contribution < 1.29 is 9.32 Å². The van der Waals surface area contributed by atoms with E-state index < -0.39 is 0 Å². The molecule has 0 saturated carbocycles. The molecule has 0 spiro atoms. The Morgan fingerprint density at radius 1 is 1.23 bits per heavy atom. The normalized spacial score (nSPS) is 17.1. The van der Waals surface area contributed by atoms with Crippen LogP contribution in [0.5, 0.6) is 0 Å². The average molecular weight is 433 g/mol. The third-order valence-corrected chi connectivity index (χ3v) is 5.23. The number of hydrogen-bond acceptors (Lipinski definition) is 4. The van der Waals surface area contributed by atoms with Crippen LogP contribution in [0.25, 0.3) is 11.4 Å². The molecule has 1 aliphatic rings. The number of rotatable bonds is 4. The number of likely N-dealkylation sites (tertiary alicyclic amines) is 1. The van der Waals surface area contributed by atoms with Gasteiger partial charge in [-0.05, 0) is 36.2 Å². The molecule has 4 rings (SSSR count). The van der Waals surface area contributed by atoms with Gasteiger partial charge in [-0.1, -0.05) is 57.0 Å². The van der Waals surface area contributed by atoms with E-state index in [4.69, 9.17) is 16.1 Å². The highest BCUT2D eigenvalue weighted by molar-refractivity contribution is 9.10. The van der Waals surface area contributed by atoms with E-state index in [1.165, 1.54) is 0 Å². The molecule has 0 aliphatic carbocycles. The number of halogens is 2. The second-order valence-electron chi connectivity index (χ2n) is 6.14. The summed E-state index contributed by atoms with van der Waals surface area (Å²) in [7, 11) is 0. The first-order valence-electron chi connectivity index (χ1n) is 8.24. The zero-order valence-corrected chi connectivity index (χ0v) is 16.1. The Bertz CT molecular complexity index is 959. The lowest BCUT2D eigenvalue weighted by Crippen LogP contribution is -2.27. The van der Waals surface area contributed by atoms with Crippen LogP contribution in [0.3, 0.4) is 0 Å². The van der Waals surface area contributed by atoms with Crippen molar-refractivity contribution in [2.45, 2.75) is 25.4 Å². The van der Waals surface area contributed by atoms with Crippen molar-refractivity contribution in [1.29, 1.82) is 0 Å². The zero-order chi connectivity index (χ0) is 18.1. The van der Waals surface area contributed by atoms with E-state index in [-0.39, 0.29) is 11.9 Å². The molecule has 0 bridgehead atoms. The highest BCUT2D eigenvalue weighted by Crippen LogP contribution is 2.35. The summed E-state index contributed by atoms with van der Waals surface area (Å²) in [4.78, 5) is 18.7. The molecule has 132 valence electrons. The summed E-state index contributed by atoms with van der Waals surface area (Å²) in [6, 6.07) is 15.0. The van der Waals surface area contributed by atoms with E-state index in [1.807, 2.05) is 42.5 Å². The summed E-state index contributed by atoms with van der Waals surface area (Å²) in [5.41, 5.74) is 1.76. The third-order valence-electron chi connectivity index (χ3n) is 4.41. The fourth-order valence-electron chi connectivity index (χ4n) is 3.14. The number of carbonyl (C=O) groups excluding carboxylic acids is 1. The molecule has 1 atom stereocenters. The molecular formula is C19H15BrClN3O2. The molecule has 26 heavy (non-hydrogen) atoms. The minimum atomic E-state index is -0.217. The average Bonchev–Trinajstić information content (AvgIpc) is 3.23. The van der Waals surface area contributed by atoms with E-state index in [2.05, 4.69) is 26.1 Å². The predicted molar refractivity (Wildman–Crippen MR) is 101 cm³/mol. The molecule has 2 heterocycles. The minimum absolute atomic E-state index is 0.0902. The Balaban J connectivity index is 1.60. The van der Waals surface area contributed by atoms with Gasteiger partial charge in [0.1, 0.15) is 6.04 Å². The molecule has 1 unspecified atom stereocenters. The Morgan fingerprint density at radius 2 is 2.08 bits per heavy atom. The SMILES string of the molecule is O=C1CCC(c2nc(-c3ccccc3Cl)no2)N1Cc1cccc(Br)c1. The van der Waals surface area contributed by atoms with Crippen molar-refractivity contribution >= 4 is 33.4 Å². The standard InChI is InChI=1S/C19H15BrClN3O2/c20-13-5-3-4-12(10-13)11-24-16(8-9-17(24)25)19-22-18(23-26-19)14-6-1-2-7-15(14)21/h1-7,10,16H,8-9,11H2. The van der Waals surface area contributed by atoms with Crippen LogP contribution < -0.4 is 0 Å². The molecule has 1 saturated heterocycles. The number of nitrogens with zero attached hydrogens (tertiary/aromatic N) is 3. The molecule has 1 amide bonds. The smallest absolute Gasteiger partial charge is 0.249 e. The lowest BCUT2D eigenvalue weighted by Gasteiger charge is -2.22. The van der Waals surface area contributed by atoms with Crippen LogP contribution in [-0.2, 0) is 11.3 Å². The maximum atomic E-state index is 12.4. The molecule has 0 N–H and O–H groups in total.